The number of hydrogen-bond acceptors (Lipinski definition) is 4. The Hall–Kier alpha value is -1.10. The Morgan fingerprint density at radius 3 is 2.40 bits per heavy atom. The normalized spacial score (nSPS) is 10.9. The van der Waals surface area contributed by atoms with Gasteiger partial charge in [-0.05, 0) is 27.3 Å². The van der Waals surface area contributed by atoms with E-state index in [1.165, 1.54) is 7.11 Å². The Bertz CT molecular complexity index is 227. The second-order valence-corrected chi connectivity index (χ2v) is 3.81. The van der Waals surface area contributed by atoms with Crippen LogP contribution in [0.3, 0.4) is 0 Å². The van der Waals surface area contributed by atoms with Crippen LogP contribution in [-0.4, -0.2) is 38.1 Å². The fourth-order valence-electron chi connectivity index (χ4n) is 0.871. The minimum Gasteiger partial charge on any atom is -0.469 e. The minimum absolute atomic E-state index is 0.0742. The van der Waals surface area contributed by atoms with Crippen molar-refractivity contribution in [1.29, 1.82) is 0 Å². The molecule has 0 aromatic carbocycles. The van der Waals surface area contributed by atoms with E-state index in [2.05, 4.69) is 15.4 Å². The maximum absolute atomic E-state index is 11.5. The Labute approximate surface area is 90.6 Å². The summed E-state index contributed by atoms with van der Waals surface area (Å²) in [6.45, 7) is 4.07. The van der Waals surface area contributed by atoms with E-state index in [4.69, 9.17) is 0 Å². The van der Waals surface area contributed by atoms with Gasteiger partial charge in [0, 0.05) is 13.0 Å². The van der Waals surface area contributed by atoms with Gasteiger partial charge in [0.15, 0.2) is 0 Å². The molecule has 2 N–H and O–H groups in total. The van der Waals surface area contributed by atoms with Crippen molar-refractivity contribution >= 4 is 11.9 Å². The Morgan fingerprint density at radius 1 is 1.33 bits per heavy atom. The number of carbonyl (C=O) groups excluding carboxylic acids is 2. The zero-order chi connectivity index (χ0) is 11.9. The van der Waals surface area contributed by atoms with Crippen LogP contribution in [0.15, 0.2) is 0 Å². The molecule has 0 aromatic heterocycles. The highest BCUT2D eigenvalue weighted by Gasteiger charge is 2.24. The summed E-state index contributed by atoms with van der Waals surface area (Å²) in [5.74, 6) is -0.327. The molecule has 0 aromatic rings. The molecule has 0 aliphatic rings. The highest BCUT2D eigenvalue weighted by molar-refractivity contribution is 5.85. The fourth-order valence-corrected chi connectivity index (χ4v) is 0.871. The zero-order valence-corrected chi connectivity index (χ0v) is 9.85. The third kappa shape index (κ3) is 5.37. The molecule has 5 heteroatoms. The van der Waals surface area contributed by atoms with Crippen molar-refractivity contribution in [3.05, 3.63) is 0 Å². The lowest BCUT2D eigenvalue weighted by molar-refractivity contribution is -0.140. The van der Waals surface area contributed by atoms with Crippen molar-refractivity contribution < 1.29 is 14.3 Å². The Balaban J connectivity index is 3.69. The molecule has 0 unspecified atom stereocenters. The minimum atomic E-state index is -0.578. The lowest BCUT2D eigenvalue weighted by atomic mass is 10.1. The van der Waals surface area contributed by atoms with Crippen molar-refractivity contribution in [2.45, 2.75) is 32.2 Å². The lowest BCUT2D eigenvalue weighted by Crippen LogP contribution is -2.51. The van der Waals surface area contributed by atoms with Crippen LogP contribution in [-0.2, 0) is 14.3 Å². The first-order chi connectivity index (χ1) is 6.94. The summed E-state index contributed by atoms with van der Waals surface area (Å²) >= 11 is 0. The summed E-state index contributed by atoms with van der Waals surface area (Å²) in [4.78, 5) is 22.3. The number of methoxy groups -OCH3 is 1. The number of carbonyl (C=O) groups is 2. The molecule has 0 radical (unpaired) electrons. The molecule has 15 heavy (non-hydrogen) atoms. The molecule has 0 aliphatic carbocycles. The standard InChI is InChI=1S/C10H20N2O3/c1-10(2,11-3)9(14)12-7-5-6-8(13)15-4/h11H,5-7H2,1-4H3,(H,12,14). The van der Waals surface area contributed by atoms with Crippen molar-refractivity contribution in [3.63, 3.8) is 0 Å². The van der Waals surface area contributed by atoms with Gasteiger partial charge < -0.3 is 15.4 Å². The maximum atomic E-state index is 11.5. The maximum Gasteiger partial charge on any atom is 0.305 e. The van der Waals surface area contributed by atoms with Gasteiger partial charge in [-0.2, -0.15) is 0 Å². The molecule has 0 heterocycles. The number of amides is 1. The van der Waals surface area contributed by atoms with Gasteiger partial charge in [0.25, 0.3) is 0 Å². The second kappa shape index (κ2) is 6.40. The number of esters is 1. The largest absolute Gasteiger partial charge is 0.469 e. The van der Waals surface area contributed by atoms with E-state index < -0.39 is 5.54 Å². The smallest absolute Gasteiger partial charge is 0.305 e. The number of likely N-dealkylation sites (N-methyl/N-ethyl adjacent to an activating group) is 1. The summed E-state index contributed by atoms with van der Waals surface area (Å²) in [6.07, 6.45) is 0.926. The summed E-state index contributed by atoms with van der Waals surface area (Å²) < 4.78 is 4.48. The van der Waals surface area contributed by atoms with Crippen molar-refractivity contribution in [1.82, 2.24) is 10.6 Å². The first-order valence-electron chi connectivity index (χ1n) is 4.98. The van der Waals surface area contributed by atoms with Crippen LogP contribution in [0.1, 0.15) is 26.7 Å². The van der Waals surface area contributed by atoms with Crippen LogP contribution in [0.5, 0.6) is 0 Å². The van der Waals surface area contributed by atoms with Gasteiger partial charge in [-0.15, -0.1) is 0 Å². The van der Waals surface area contributed by atoms with Crippen LogP contribution in [0.25, 0.3) is 0 Å². The predicted octanol–water partition coefficient (Wildman–Crippen LogP) is 0.0538. The number of ether oxygens (including phenoxy) is 1. The van der Waals surface area contributed by atoms with Gasteiger partial charge in [-0.3, -0.25) is 9.59 Å². The van der Waals surface area contributed by atoms with Crippen LogP contribution in [0.2, 0.25) is 0 Å². The molecule has 0 saturated heterocycles. The highest BCUT2D eigenvalue weighted by Crippen LogP contribution is 2.00. The SMILES string of the molecule is CNC(C)(C)C(=O)NCCCC(=O)OC. The van der Waals surface area contributed by atoms with E-state index >= 15 is 0 Å². The number of hydrogen-bond donors (Lipinski definition) is 2. The average molecular weight is 216 g/mol. The van der Waals surface area contributed by atoms with E-state index in [1.807, 2.05) is 0 Å². The molecule has 0 fully saturated rings. The van der Waals surface area contributed by atoms with Gasteiger partial charge >= 0.3 is 5.97 Å². The highest BCUT2D eigenvalue weighted by atomic mass is 16.5. The molecule has 0 rings (SSSR count). The van der Waals surface area contributed by atoms with Crippen LogP contribution < -0.4 is 10.6 Å². The third-order valence-corrected chi connectivity index (χ3v) is 2.26. The van der Waals surface area contributed by atoms with Crippen LogP contribution in [0, 0.1) is 0 Å². The first-order valence-corrected chi connectivity index (χ1v) is 4.98. The van der Waals surface area contributed by atoms with Crippen LogP contribution >= 0.6 is 0 Å². The van der Waals surface area contributed by atoms with Gasteiger partial charge in [0.1, 0.15) is 0 Å². The van der Waals surface area contributed by atoms with Gasteiger partial charge in [-0.1, -0.05) is 0 Å². The van der Waals surface area contributed by atoms with Gasteiger partial charge in [0.05, 0.1) is 12.6 Å². The summed E-state index contributed by atoms with van der Waals surface area (Å²) in [5, 5.41) is 5.64. The molecule has 0 atom stereocenters. The van der Waals surface area contributed by atoms with E-state index in [9.17, 15) is 9.59 Å². The molecule has 0 spiro atoms. The van der Waals surface area contributed by atoms with Crippen LogP contribution in [0.4, 0.5) is 0 Å². The zero-order valence-electron chi connectivity index (χ0n) is 9.85. The Kier molecular flexibility index (Phi) is 5.93. The summed E-state index contributed by atoms with van der Waals surface area (Å²) in [6, 6.07) is 0. The molecule has 0 aliphatic heterocycles. The number of nitrogens with one attached hydrogen (secondary N) is 2. The van der Waals surface area contributed by atoms with Crippen molar-refractivity contribution in [2.24, 2.45) is 0 Å². The average Bonchev–Trinajstić information content (AvgIpc) is 2.23. The Morgan fingerprint density at radius 2 is 1.93 bits per heavy atom. The monoisotopic (exact) mass is 216 g/mol. The topological polar surface area (TPSA) is 67.4 Å². The predicted molar refractivity (Wildman–Crippen MR) is 57.4 cm³/mol. The molecule has 1 amide bonds. The molecule has 88 valence electrons. The molecular weight excluding hydrogens is 196 g/mol. The third-order valence-electron chi connectivity index (χ3n) is 2.26. The van der Waals surface area contributed by atoms with Gasteiger partial charge in [0.2, 0.25) is 5.91 Å². The van der Waals surface area contributed by atoms with Gasteiger partial charge in [-0.25, -0.2) is 0 Å². The van der Waals surface area contributed by atoms with E-state index in [0.717, 1.165) is 0 Å². The molecule has 0 saturated carbocycles. The fraction of sp³-hybridized carbons (Fsp3) is 0.800. The summed E-state index contributed by atoms with van der Waals surface area (Å²) in [5.41, 5.74) is -0.578. The number of rotatable bonds is 6. The molecule has 5 nitrogen and oxygen atoms in total. The van der Waals surface area contributed by atoms with Crippen molar-refractivity contribution in [2.75, 3.05) is 20.7 Å². The molecule has 0 bridgehead atoms. The molecular formula is C10H20N2O3. The van der Waals surface area contributed by atoms with E-state index in [-0.39, 0.29) is 11.9 Å². The van der Waals surface area contributed by atoms with E-state index in [0.29, 0.717) is 19.4 Å². The quantitative estimate of drug-likeness (QED) is 0.486. The first kappa shape index (κ1) is 13.9. The summed E-state index contributed by atoms with van der Waals surface area (Å²) in [7, 11) is 3.08. The lowest BCUT2D eigenvalue weighted by Gasteiger charge is -2.22. The second-order valence-electron chi connectivity index (χ2n) is 3.81. The van der Waals surface area contributed by atoms with E-state index in [1.54, 1.807) is 20.9 Å². The van der Waals surface area contributed by atoms with Crippen molar-refractivity contribution in [3.8, 4) is 0 Å².